The minimum atomic E-state index is -6.17. The van der Waals surface area contributed by atoms with E-state index in [1.54, 1.807) is 0 Å². The van der Waals surface area contributed by atoms with Crippen molar-refractivity contribution in [2.75, 3.05) is 0 Å². The highest BCUT2D eigenvalue weighted by molar-refractivity contribution is 5.83. The van der Waals surface area contributed by atoms with Gasteiger partial charge >= 0.3 is 18.5 Å². The standard InChI is InChI=1S/C23H3F9N6/c24-21(25,26)18-3-15(19(22(27,28)29)20(17(18)9-38)23(30,31)32)16(8-37)14-2-10(4-33)13(1-11(14)5-34)12(6-35)7-36/h1-3H/b16-14-. The number of hydrogen-bond acceptors (Lipinski definition) is 6. The predicted molar refractivity (Wildman–Crippen MR) is 104 cm³/mol. The summed E-state index contributed by atoms with van der Waals surface area (Å²) in [6.07, 6.45) is -18.0. The molecule has 0 unspecified atom stereocenters. The van der Waals surface area contributed by atoms with Gasteiger partial charge in [-0.25, -0.2) is 0 Å². The van der Waals surface area contributed by atoms with E-state index in [0.717, 1.165) is 6.07 Å². The lowest BCUT2D eigenvalue weighted by Gasteiger charge is -2.23. The van der Waals surface area contributed by atoms with Gasteiger partial charge in [0.1, 0.15) is 29.8 Å². The molecule has 2 aromatic rings. The Bertz CT molecular complexity index is 1720. The predicted octanol–water partition coefficient (Wildman–Crippen LogP) is 4.28. The molecular formula is C23H3F9N6. The fourth-order valence-corrected chi connectivity index (χ4v) is 3.41. The lowest BCUT2D eigenvalue weighted by molar-refractivity contribution is -0.164. The molecule has 0 fully saturated rings. The van der Waals surface area contributed by atoms with Crippen molar-refractivity contribution in [2.24, 2.45) is 0 Å². The zero-order chi connectivity index (χ0) is 29.2. The smallest absolute Gasteiger partial charge is 0.192 e. The number of benzene rings is 2. The monoisotopic (exact) mass is 534 g/mol. The van der Waals surface area contributed by atoms with Gasteiger partial charge in [0.25, 0.3) is 0 Å². The Hall–Kier alpha value is -5.51. The number of hydrogen-bond donors (Lipinski definition) is 0. The van der Waals surface area contributed by atoms with Gasteiger partial charge in [0.05, 0.1) is 51.1 Å². The number of nitrogens with zero attached hydrogens (tertiary/aromatic N) is 6. The molecule has 188 valence electrons. The van der Waals surface area contributed by atoms with Crippen molar-refractivity contribution < 1.29 is 39.5 Å². The van der Waals surface area contributed by atoms with Crippen LogP contribution in [0.2, 0.25) is 0 Å². The SMILES string of the molecule is N#CC(C#N)=c1cc(C#N)/c(=C(/C#N)c2cc(C(F)(F)F)c(C#N)c(C(F)(F)F)c2C(F)(F)F)cc1C#N. The van der Waals surface area contributed by atoms with Crippen LogP contribution in [0, 0.1) is 68.0 Å². The zero-order valence-corrected chi connectivity index (χ0v) is 17.8. The van der Waals surface area contributed by atoms with E-state index in [-0.39, 0.29) is 0 Å². The van der Waals surface area contributed by atoms with E-state index in [9.17, 15) is 55.3 Å². The minimum absolute atomic E-state index is 0.472. The number of rotatable bonds is 1. The van der Waals surface area contributed by atoms with Gasteiger partial charge in [-0.05, 0) is 18.2 Å². The maximum atomic E-state index is 14.0. The van der Waals surface area contributed by atoms with Crippen LogP contribution < -0.4 is 10.4 Å². The van der Waals surface area contributed by atoms with Crippen molar-refractivity contribution in [1.29, 1.82) is 31.6 Å². The highest BCUT2D eigenvalue weighted by Crippen LogP contribution is 2.48. The molecule has 6 nitrogen and oxygen atoms in total. The van der Waals surface area contributed by atoms with Crippen LogP contribution in [0.3, 0.4) is 0 Å². The Kier molecular flexibility index (Phi) is 7.45. The van der Waals surface area contributed by atoms with Gasteiger partial charge in [0.2, 0.25) is 0 Å². The summed E-state index contributed by atoms with van der Waals surface area (Å²) in [6.45, 7) is 0. The molecule has 15 heteroatoms. The molecule has 0 atom stereocenters. The van der Waals surface area contributed by atoms with Gasteiger partial charge < -0.3 is 0 Å². The first-order valence-electron chi connectivity index (χ1n) is 9.27. The normalized spacial score (nSPS) is 12.1. The average molecular weight is 534 g/mol. The van der Waals surface area contributed by atoms with Gasteiger partial charge in [0, 0.05) is 16.0 Å². The summed E-state index contributed by atoms with van der Waals surface area (Å²) in [5.41, 5.74) is -16.5. The van der Waals surface area contributed by atoms with Gasteiger partial charge in [-0.1, -0.05) is 0 Å². The quantitative estimate of drug-likeness (QED) is 0.500. The Morgan fingerprint density at radius 2 is 1.03 bits per heavy atom. The van der Waals surface area contributed by atoms with E-state index in [0.29, 0.717) is 18.2 Å². The number of nitriles is 6. The van der Waals surface area contributed by atoms with Crippen molar-refractivity contribution in [1.82, 2.24) is 0 Å². The molecular weight excluding hydrogens is 531 g/mol. The maximum absolute atomic E-state index is 14.0. The van der Waals surface area contributed by atoms with Crippen LogP contribution in [0.1, 0.15) is 38.9 Å². The molecule has 0 aliphatic rings. The first kappa shape index (κ1) is 28.7. The Labute approximate surface area is 205 Å². The van der Waals surface area contributed by atoms with E-state index in [2.05, 4.69) is 0 Å². The summed E-state index contributed by atoms with van der Waals surface area (Å²) in [5.74, 6) is 0. The number of alkyl halides is 9. The molecule has 0 heterocycles. The first-order valence-corrected chi connectivity index (χ1v) is 9.27. The third-order valence-electron chi connectivity index (χ3n) is 4.85. The highest BCUT2D eigenvalue weighted by atomic mass is 19.4. The van der Waals surface area contributed by atoms with Gasteiger partial charge in [0.15, 0.2) is 0 Å². The molecule has 0 N–H and O–H groups in total. The number of halogens is 9. The van der Waals surface area contributed by atoms with Gasteiger partial charge in [-0.2, -0.15) is 71.1 Å². The average Bonchev–Trinajstić information content (AvgIpc) is 2.82. The fourth-order valence-electron chi connectivity index (χ4n) is 3.41. The van der Waals surface area contributed by atoms with Crippen LogP contribution in [0.5, 0.6) is 0 Å². The minimum Gasteiger partial charge on any atom is -0.192 e. The summed E-state index contributed by atoms with van der Waals surface area (Å²) >= 11 is 0. The van der Waals surface area contributed by atoms with E-state index >= 15 is 0 Å². The zero-order valence-electron chi connectivity index (χ0n) is 17.8. The molecule has 0 saturated heterocycles. The summed E-state index contributed by atoms with van der Waals surface area (Å²) in [7, 11) is 0. The Balaban J connectivity index is 3.51. The molecule has 0 aliphatic carbocycles. The summed E-state index contributed by atoms with van der Waals surface area (Å²) in [5, 5.41) is 53.9. The molecule has 0 aromatic heterocycles. The van der Waals surface area contributed by atoms with E-state index in [1.165, 1.54) is 24.3 Å². The van der Waals surface area contributed by atoms with Crippen LogP contribution in [0.4, 0.5) is 39.5 Å². The molecule has 0 spiro atoms. The highest BCUT2D eigenvalue weighted by Gasteiger charge is 2.50. The Morgan fingerprint density at radius 3 is 1.39 bits per heavy atom. The lowest BCUT2D eigenvalue weighted by Crippen LogP contribution is -2.26. The largest absolute Gasteiger partial charge is 0.418 e. The molecule has 0 radical (unpaired) electrons. The third-order valence-corrected chi connectivity index (χ3v) is 4.85. The molecule has 2 rings (SSSR count). The van der Waals surface area contributed by atoms with Crippen molar-refractivity contribution in [3.63, 3.8) is 0 Å². The van der Waals surface area contributed by atoms with Crippen molar-refractivity contribution >= 4 is 11.1 Å². The second kappa shape index (κ2) is 9.86. The summed E-state index contributed by atoms with van der Waals surface area (Å²) in [6, 6.07) is 7.66. The topological polar surface area (TPSA) is 143 Å². The van der Waals surface area contributed by atoms with Gasteiger partial charge in [-0.3, -0.25) is 0 Å². The van der Waals surface area contributed by atoms with E-state index in [1.807, 2.05) is 0 Å². The second-order valence-electron chi connectivity index (χ2n) is 6.95. The van der Waals surface area contributed by atoms with Crippen LogP contribution in [0.15, 0.2) is 18.2 Å². The van der Waals surface area contributed by atoms with Crippen molar-refractivity contribution in [2.45, 2.75) is 18.5 Å². The second-order valence-corrected chi connectivity index (χ2v) is 6.95. The molecule has 0 saturated carbocycles. The van der Waals surface area contributed by atoms with Crippen molar-refractivity contribution in [3.8, 4) is 36.4 Å². The molecule has 0 amide bonds. The molecule has 0 aliphatic heterocycles. The van der Waals surface area contributed by atoms with E-state index in [4.69, 9.17) is 15.8 Å². The van der Waals surface area contributed by atoms with Crippen LogP contribution in [0.25, 0.3) is 11.1 Å². The molecule has 2 aromatic carbocycles. The first-order chi connectivity index (χ1) is 17.5. The lowest BCUT2D eigenvalue weighted by atomic mass is 9.86. The van der Waals surface area contributed by atoms with E-state index < -0.39 is 85.1 Å². The fraction of sp³-hybridized carbons (Fsp3) is 0.130. The van der Waals surface area contributed by atoms with Gasteiger partial charge in [-0.15, -0.1) is 0 Å². The summed E-state index contributed by atoms with van der Waals surface area (Å²) < 4.78 is 124. The Morgan fingerprint density at radius 1 is 0.553 bits per heavy atom. The maximum Gasteiger partial charge on any atom is 0.418 e. The third kappa shape index (κ3) is 5.05. The van der Waals surface area contributed by atoms with Crippen LogP contribution in [-0.4, -0.2) is 0 Å². The molecule has 0 bridgehead atoms. The van der Waals surface area contributed by atoms with Crippen LogP contribution >= 0.6 is 0 Å². The van der Waals surface area contributed by atoms with Crippen LogP contribution in [-0.2, 0) is 18.5 Å². The molecule has 38 heavy (non-hydrogen) atoms. The van der Waals surface area contributed by atoms with Crippen molar-refractivity contribution in [3.05, 3.63) is 67.6 Å². The summed E-state index contributed by atoms with van der Waals surface area (Å²) in [4.78, 5) is 0.